The Balaban J connectivity index is 1.15. The number of aryl methyl sites for hydroxylation is 1. The van der Waals surface area contributed by atoms with Crippen molar-refractivity contribution < 1.29 is 0 Å². The van der Waals surface area contributed by atoms with Crippen LogP contribution in [0.4, 0.5) is 0 Å². The van der Waals surface area contributed by atoms with E-state index in [1.54, 1.807) is 0 Å². The number of nitrogens with zero attached hydrogens (tertiary/aromatic N) is 1. The zero-order valence-corrected chi connectivity index (χ0v) is 24.8. The molecule has 5 aliphatic rings. The van der Waals surface area contributed by atoms with Crippen molar-refractivity contribution in [2.45, 2.75) is 63.7 Å². The van der Waals surface area contributed by atoms with Gasteiger partial charge in [0.2, 0.25) is 0 Å². The summed E-state index contributed by atoms with van der Waals surface area (Å²) in [6.07, 6.45) is 36.2. The van der Waals surface area contributed by atoms with Crippen molar-refractivity contribution >= 4 is 45.6 Å². The molecule has 1 unspecified atom stereocenters. The Labute approximate surface area is 254 Å². The Kier molecular flexibility index (Phi) is 5.93. The van der Waals surface area contributed by atoms with Gasteiger partial charge in [-0.25, -0.2) is 0 Å². The lowest BCUT2D eigenvalue weighted by Gasteiger charge is -2.27. The first-order chi connectivity index (χ1) is 21.3. The summed E-state index contributed by atoms with van der Waals surface area (Å²) in [5.74, 6) is 0.375. The molecule has 0 aliphatic heterocycles. The molecule has 0 N–H and O–H groups in total. The lowest BCUT2D eigenvalue weighted by atomic mass is 9.77. The highest BCUT2D eigenvalue weighted by Gasteiger charge is 2.26. The maximum Gasteiger partial charge on any atom is 0.0537 e. The third-order valence-corrected chi connectivity index (χ3v) is 10.5. The highest BCUT2D eigenvalue weighted by Crippen LogP contribution is 2.43. The second-order valence-corrected chi connectivity index (χ2v) is 12.9. The average molecular weight is 556 g/mol. The van der Waals surface area contributed by atoms with Crippen LogP contribution in [0.5, 0.6) is 0 Å². The first-order valence-corrected chi connectivity index (χ1v) is 16.3. The van der Waals surface area contributed by atoms with E-state index in [-0.39, 0.29) is 0 Å². The second kappa shape index (κ2) is 10.1. The van der Waals surface area contributed by atoms with Crippen molar-refractivity contribution in [2.75, 3.05) is 0 Å². The summed E-state index contributed by atoms with van der Waals surface area (Å²) in [7, 11) is 0. The van der Waals surface area contributed by atoms with Gasteiger partial charge in [-0.05, 0) is 120 Å². The summed E-state index contributed by atoms with van der Waals surface area (Å²) < 4.78 is 2.64. The van der Waals surface area contributed by atoms with E-state index < -0.39 is 0 Å². The quantitative estimate of drug-likeness (QED) is 0.237. The monoisotopic (exact) mass is 555 g/mol. The van der Waals surface area contributed by atoms with Crippen LogP contribution in [0, 0.1) is 0 Å². The molecule has 0 spiro atoms. The molecule has 0 fully saturated rings. The highest BCUT2D eigenvalue weighted by atomic mass is 15.0. The van der Waals surface area contributed by atoms with Gasteiger partial charge in [0.15, 0.2) is 0 Å². The van der Waals surface area contributed by atoms with Gasteiger partial charge in [-0.15, -0.1) is 0 Å². The maximum atomic E-state index is 2.64. The van der Waals surface area contributed by atoms with Crippen LogP contribution in [0.1, 0.15) is 83.5 Å². The average Bonchev–Trinajstić information content (AvgIpc) is 3.42. The van der Waals surface area contributed by atoms with E-state index in [0.29, 0.717) is 5.92 Å². The fourth-order valence-electron chi connectivity index (χ4n) is 8.40. The van der Waals surface area contributed by atoms with Crippen molar-refractivity contribution in [1.29, 1.82) is 0 Å². The molecule has 0 amide bonds. The molecule has 3 aromatic carbocycles. The minimum Gasteiger partial charge on any atom is -0.317 e. The minimum atomic E-state index is 0.375. The van der Waals surface area contributed by atoms with Crippen LogP contribution in [-0.2, 0) is 19.3 Å². The summed E-state index contributed by atoms with van der Waals surface area (Å²) in [6, 6.07) is 16.5. The third-order valence-electron chi connectivity index (χ3n) is 10.5. The number of benzene rings is 3. The SMILES string of the molecule is C1=CCCC(C2=CC=C(n3c4c(c5ccc(C6C=Cc7c8c(c9ccccc9c7C6)CCC=C8)cc53)C=CCC4)CC2)=C1. The summed E-state index contributed by atoms with van der Waals surface area (Å²) in [5.41, 5.74) is 16.2. The van der Waals surface area contributed by atoms with Gasteiger partial charge in [0.05, 0.1) is 5.52 Å². The van der Waals surface area contributed by atoms with Gasteiger partial charge in [-0.3, -0.25) is 0 Å². The van der Waals surface area contributed by atoms with E-state index >= 15 is 0 Å². The van der Waals surface area contributed by atoms with Crippen LogP contribution >= 0.6 is 0 Å². The topological polar surface area (TPSA) is 4.93 Å². The first-order valence-electron chi connectivity index (χ1n) is 16.3. The summed E-state index contributed by atoms with van der Waals surface area (Å²) in [5, 5.41) is 4.30. The predicted molar refractivity (Wildman–Crippen MR) is 184 cm³/mol. The zero-order valence-electron chi connectivity index (χ0n) is 24.8. The first kappa shape index (κ1) is 25.2. The van der Waals surface area contributed by atoms with E-state index in [4.69, 9.17) is 0 Å². The largest absolute Gasteiger partial charge is 0.317 e. The molecule has 4 aromatic rings. The van der Waals surface area contributed by atoms with Gasteiger partial charge in [-0.1, -0.05) is 97.2 Å². The van der Waals surface area contributed by atoms with Crippen molar-refractivity contribution in [3.8, 4) is 0 Å². The molecule has 0 bridgehead atoms. The van der Waals surface area contributed by atoms with Gasteiger partial charge in [-0.2, -0.15) is 0 Å². The molecule has 0 radical (unpaired) electrons. The Morgan fingerprint density at radius 2 is 1.40 bits per heavy atom. The van der Waals surface area contributed by atoms with E-state index in [0.717, 1.165) is 44.9 Å². The van der Waals surface area contributed by atoms with Crippen LogP contribution in [0.15, 0.2) is 102 Å². The summed E-state index contributed by atoms with van der Waals surface area (Å²) >= 11 is 0. The Morgan fingerprint density at radius 1 is 0.605 bits per heavy atom. The molecule has 1 heterocycles. The number of hydrogen-bond acceptors (Lipinski definition) is 0. The third kappa shape index (κ3) is 4.05. The molecule has 1 atom stereocenters. The smallest absolute Gasteiger partial charge is 0.0537 e. The normalized spacial score (nSPS) is 20.5. The van der Waals surface area contributed by atoms with Crippen LogP contribution in [-0.4, -0.2) is 4.57 Å². The van der Waals surface area contributed by atoms with Crippen molar-refractivity contribution in [3.63, 3.8) is 0 Å². The lowest BCUT2D eigenvalue weighted by molar-refractivity contribution is 0.827. The molecule has 1 nitrogen and oxygen atoms in total. The van der Waals surface area contributed by atoms with E-state index in [1.807, 2.05) is 0 Å². The number of fused-ring (bicyclic) bond motifs is 9. The summed E-state index contributed by atoms with van der Waals surface area (Å²) in [6.45, 7) is 0. The van der Waals surface area contributed by atoms with E-state index in [2.05, 4.69) is 114 Å². The molecule has 9 rings (SSSR count). The number of allylic oxidation sites excluding steroid dienone is 11. The molecule has 210 valence electrons. The minimum absolute atomic E-state index is 0.375. The van der Waals surface area contributed by atoms with Gasteiger partial charge < -0.3 is 4.57 Å². The fourth-order valence-corrected chi connectivity index (χ4v) is 8.40. The van der Waals surface area contributed by atoms with Crippen LogP contribution in [0.25, 0.3) is 45.6 Å². The Hall–Kier alpha value is -4.36. The predicted octanol–water partition coefficient (Wildman–Crippen LogP) is 10.9. The van der Waals surface area contributed by atoms with Crippen molar-refractivity contribution in [2.24, 2.45) is 0 Å². The molecule has 5 aliphatic carbocycles. The number of rotatable bonds is 3. The molecule has 1 aromatic heterocycles. The zero-order chi connectivity index (χ0) is 28.3. The van der Waals surface area contributed by atoms with Gasteiger partial charge in [0, 0.05) is 28.3 Å². The van der Waals surface area contributed by atoms with Crippen LogP contribution < -0.4 is 0 Å². The Morgan fingerprint density at radius 3 is 2.23 bits per heavy atom. The van der Waals surface area contributed by atoms with Gasteiger partial charge >= 0.3 is 0 Å². The molecule has 1 heteroatoms. The van der Waals surface area contributed by atoms with Gasteiger partial charge in [0.1, 0.15) is 0 Å². The molecular formula is C42H37N. The van der Waals surface area contributed by atoms with E-state index in [9.17, 15) is 0 Å². The highest BCUT2D eigenvalue weighted by molar-refractivity contribution is 5.98. The van der Waals surface area contributed by atoms with Gasteiger partial charge in [0.25, 0.3) is 0 Å². The van der Waals surface area contributed by atoms with Crippen molar-refractivity contribution in [1.82, 2.24) is 4.57 Å². The maximum absolute atomic E-state index is 2.64. The fraction of sp³-hybridized carbons (Fsp3) is 0.238. The van der Waals surface area contributed by atoms with Crippen LogP contribution in [0.2, 0.25) is 0 Å². The second-order valence-electron chi connectivity index (χ2n) is 12.9. The standard InChI is InChI=1S/C42H37N/c1-2-10-28(11-3-1)29-18-22-32(23-19-29)43-41-17-9-8-16-38(41)39-25-21-31(27-42(39)43)30-20-24-37-35-14-5-4-12-33(35)34-13-6-7-15-36(34)40(37)26-30/h1-2,5-8,10,13-16,18,20-22,24-25,27,30H,3-4,9,11-12,17,19,23,26H2. The molecule has 0 saturated heterocycles. The Bertz CT molecular complexity index is 2040. The molecular weight excluding hydrogens is 518 g/mol. The van der Waals surface area contributed by atoms with Crippen molar-refractivity contribution in [3.05, 3.63) is 141 Å². The lowest BCUT2D eigenvalue weighted by Crippen LogP contribution is -2.11. The summed E-state index contributed by atoms with van der Waals surface area (Å²) in [4.78, 5) is 0. The molecule has 0 saturated carbocycles. The molecule has 43 heavy (non-hydrogen) atoms. The number of hydrogen-bond donors (Lipinski definition) is 0. The van der Waals surface area contributed by atoms with E-state index in [1.165, 1.54) is 90.4 Å². The number of aromatic nitrogens is 1. The van der Waals surface area contributed by atoms with Crippen LogP contribution in [0.3, 0.4) is 0 Å².